The highest BCUT2D eigenvalue weighted by molar-refractivity contribution is 7.90. The van der Waals surface area contributed by atoms with Crippen molar-refractivity contribution in [1.29, 1.82) is 0 Å². The molecule has 1 aliphatic rings. The molecule has 1 aliphatic heterocycles. The van der Waals surface area contributed by atoms with E-state index in [1.54, 1.807) is 6.07 Å². The van der Waals surface area contributed by atoms with Crippen LogP contribution in [0, 0.1) is 5.82 Å². The molecule has 0 radical (unpaired) electrons. The molecule has 0 amide bonds. The summed E-state index contributed by atoms with van der Waals surface area (Å²) in [6.07, 6.45) is 1.70. The highest BCUT2D eigenvalue weighted by atomic mass is 32.2. The van der Waals surface area contributed by atoms with Crippen molar-refractivity contribution in [2.24, 2.45) is 0 Å². The van der Waals surface area contributed by atoms with Crippen LogP contribution in [0.4, 0.5) is 4.39 Å². The number of fused-ring (bicyclic) bond motifs is 3. The van der Waals surface area contributed by atoms with Gasteiger partial charge in [-0.1, -0.05) is 0 Å². The Morgan fingerprint density at radius 3 is 3.00 bits per heavy atom. The predicted octanol–water partition coefficient (Wildman–Crippen LogP) is 0.944. The van der Waals surface area contributed by atoms with Crippen molar-refractivity contribution in [3.63, 3.8) is 0 Å². The molecule has 0 atom stereocenters. The van der Waals surface area contributed by atoms with E-state index in [0.717, 1.165) is 5.69 Å². The molecule has 0 spiro atoms. The number of aromatic nitrogens is 2. The van der Waals surface area contributed by atoms with Gasteiger partial charge in [0.1, 0.15) is 11.5 Å². The minimum Gasteiger partial charge on any atom is -0.300 e. The lowest BCUT2D eigenvalue weighted by Crippen LogP contribution is -2.19. The van der Waals surface area contributed by atoms with Gasteiger partial charge in [-0.3, -0.25) is 4.40 Å². The summed E-state index contributed by atoms with van der Waals surface area (Å²) in [5, 5.41) is 0. The molecule has 6 heteroatoms. The third kappa shape index (κ3) is 1.41. The summed E-state index contributed by atoms with van der Waals surface area (Å²) in [6.45, 7) is 0. The van der Waals surface area contributed by atoms with E-state index >= 15 is 0 Å². The van der Waals surface area contributed by atoms with Crippen LogP contribution in [0.15, 0.2) is 18.3 Å². The molecule has 16 heavy (non-hydrogen) atoms. The summed E-state index contributed by atoms with van der Waals surface area (Å²) < 4.78 is 37.6. The third-order valence-electron chi connectivity index (χ3n) is 2.77. The topological polar surface area (TPSA) is 51.4 Å². The predicted molar refractivity (Wildman–Crippen MR) is 56.3 cm³/mol. The SMILES string of the molecule is O=S1(=O)CCc2nc3ccc(F)cn3c2C1. The van der Waals surface area contributed by atoms with Gasteiger partial charge in [0.2, 0.25) is 0 Å². The second kappa shape index (κ2) is 3.04. The van der Waals surface area contributed by atoms with Gasteiger partial charge in [0.05, 0.1) is 22.9 Å². The number of hydrogen-bond acceptors (Lipinski definition) is 3. The molecule has 3 rings (SSSR count). The van der Waals surface area contributed by atoms with Crippen LogP contribution in [-0.4, -0.2) is 23.6 Å². The Bertz CT molecular complexity index is 675. The molecular weight excluding hydrogens is 231 g/mol. The summed E-state index contributed by atoms with van der Waals surface area (Å²) in [7, 11) is -3.05. The summed E-state index contributed by atoms with van der Waals surface area (Å²) in [6, 6.07) is 2.88. The van der Waals surface area contributed by atoms with Gasteiger partial charge in [0.25, 0.3) is 0 Å². The molecule has 4 nitrogen and oxygen atoms in total. The van der Waals surface area contributed by atoms with Gasteiger partial charge in [-0.25, -0.2) is 17.8 Å². The van der Waals surface area contributed by atoms with Gasteiger partial charge in [-0.15, -0.1) is 0 Å². The molecule has 0 fully saturated rings. The van der Waals surface area contributed by atoms with Crippen molar-refractivity contribution >= 4 is 15.5 Å². The average molecular weight is 240 g/mol. The van der Waals surface area contributed by atoms with Crippen LogP contribution in [0.1, 0.15) is 11.4 Å². The van der Waals surface area contributed by atoms with Crippen molar-refractivity contribution in [2.45, 2.75) is 12.2 Å². The molecule has 0 saturated carbocycles. The fourth-order valence-electron chi connectivity index (χ4n) is 2.00. The van der Waals surface area contributed by atoms with Crippen molar-refractivity contribution in [1.82, 2.24) is 9.38 Å². The Kier molecular flexibility index (Phi) is 1.85. The molecule has 2 aromatic heterocycles. The highest BCUT2D eigenvalue weighted by Gasteiger charge is 2.25. The first kappa shape index (κ1) is 9.77. The second-order valence-corrected chi connectivity index (χ2v) is 6.11. The zero-order valence-corrected chi connectivity index (χ0v) is 9.17. The van der Waals surface area contributed by atoms with Gasteiger partial charge in [-0.05, 0) is 12.1 Å². The molecule has 0 saturated heterocycles. The number of nitrogens with zero attached hydrogens (tertiary/aromatic N) is 2. The molecule has 84 valence electrons. The molecule has 0 bridgehead atoms. The van der Waals surface area contributed by atoms with Crippen LogP contribution < -0.4 is 0 Å². The monoisotopic (exact) mass is 240 g/mol. The van der Waals surface area contributed by atoms with Crippen LogP contribution in [0.2, 0.25) is 0 Å². The molecule has 0 aliphatic carbocycles. The number of rotatable bonds is 0. The van der Waals surface area contributed by atoms with Crippen molar-refractivity contribution in [2.75, 3.05) is 5.75 Å². The van der Waals surface area contributed by atoms with Crippen LogP contribution in [0.3, 0.4) is 0 Å². The number of aryl methyl sites for hydroxylation is 1. The Labute approximate surface area is 91.6 Å². The van der Waals surface area contributed by atoms with Gasteiger partial charge in [0.15, 0.2) is 9.84 Å². The smallest absolute Gasteiger partial charge is 0.156 e. The van der Waals surface area contributed by atoms with E-state index in [9.17, 15) is 12.8 Å². The van der Waals surface area contributed by atoms with Gasteiger partial charge >= 0.3 is 0 Å². The fourth-order valence-corrected chi connectivity index (χ4v) is 3.37. The van der Waals surface area contributed by atoms with Crippen molar-refractivity contribution < 1.29 is 12.8 Å². The van der Waals surface area contributed by atoms with E-state index in [2.05, 4.69) is 4.98 Å². The van der Waals surface area contributed by atoms with E-state index < -0.39 is 15.7 Å². The molecule has 0 N–H and O–H groups in total. The number of pyridine rings is 1. The first-order valence-corrected chi connectivity index (χ1v) is 6.73. The Morgan fingerprint density at radius 1 is 1.38 bits per heavy atom. The standard InChI is InChI=1S/C10H9FN2O2S/c11-7-1-2-10-12-8-3-4-16(14,15)6-9(8)13(10)5-7/h1-2,5H,3-4,6H2. The molecular formula is C10H9FN2O2S. The summed E-state index contributed by atoms with van der Waals surface area (Å²) in [5.41, 5.74) is 1.96. The third-order valence-corrected chi connectivity index (χ3v) is 4.31. The van der Waals surface area contributed by atoms with Crippen LogP contribution in [-0.2, 0) is 22.0 Å². The van der Waals surface area contributed by atoms with E-state index in [1.165, 1.54) is 16.7 Å². The quantitative estimate of drug-likeness (QED) is 0.688. The van der Waals surface area contributed by atoms with E-state index in [-0.39, 0.29) is 11.5 Å². The van der Waals surface area contributed by atoms with Crippen molar-refractivity contribution in [3.05, 3.63) is 35.5 Å². The Hall–Kier alpha value is -1.43. The fraction of sp³-hybridized carbons (Fsp3) is 0.300. The lowest BCUT2D eigenvalue weighted by atomic mass is 10.3. The molecule has 0 unspecified atom stereocenters. The number of imidazole rings is 1. The molecule has 3 heterocycles. The molecule has 2 aromatic rings. The second-order valence-electron chi connectivity index (χ2n) is 3.92. The van der Waals surface area contributed by atoms with Crippen LogP contribution in [0.25, 0.3) is 5.65 Å². The Balaban J connectivity index is 2.31. The maximum Gasteiger partial charge on any atom is 0.156 e. The highest BCUT2D eigenvalue weighted by Crippen LogP contribution is 2.22. The maximum atomic E-state index is 13.1. The van der Waals surface area contributed by atoms with Crippen molar-refractivity contribution in [3.8, 4) is 0 Å². The number of halogens is 1. The summed E-state index contributed by atoms with van der Waals surface area (Å²) in [5.74, 6) is -0.310. The number of hydrogen-bond donors (Lipinski definition) is 0. The van der Waals surface area contributed by atoms with E-state index in [4.69, 9.17) is 0 Å². The minimum atomic E-state index is -3.05. The van der Waals surface area contributed by atoms with Crippen LogP contribution >= 0.6 is 0 Å². The lowest BCUT2D eigenvalue weighted by molar-refractivity contribution is 0.588. The van der Waals surface area contributed by atoms with E-state index in [0.29, 0.717) is 17.8 Å². The average Bonchev–Trinajstić information content (AvgIpc) is 2.55. The largest absolute Gasteiger partial charge is 0.300 e. The van der Waals surface area contributed by atoms with Gasteiger partial charge < -0.3 is 0 Å². The van der Waals surface area contributed by atoms with Gasteiger partial charge in [-0.2, -0.15) is 0 Å². The van der Waals surface area contributed by atoms with Gasteiger partial charge in [0, 0.05) is 12.6 Å². The Morgan fingerprint density at radius 2 is 2.19 bits per heavy atom. The summed E-state index contributed by atoms with van der Waals surface area (Å²) >= 11 is 0. The maximum absolute atomic E-state index is 13.1. The first-order valence-electron chi connectivity index (χ1n) is 4.91. The lowest BCUT2D eigenvalue weighted by Gasteiger charge is -2.11. The van der Waals surface area contributed by atoms with Crippen LogP contribution in [0.5, 0.6) is 0 Å². The number of sulfone groups is 1. The zero-order valence-electron chi connectivity index (χ0n) is 8.35. The summed E-state index contributed by atoms with van der Waals surface area (Å²) in [4.78, 5) is 4.29. The molecule has 0 aromatic carbocycles. The zero-order chi connectivity index (χ0) is 11.3. The normalized spacial score (nSPS) is 18.6. The first-order chi connectivity index (χ1) is 7.55. The minimum absolute atomic E-state index is 0.0487. The van der Waals surface area contributed by atoms with E-state index in [1.807, 2.05) is 0 Å².